The van der Waals surface area contributed by atoms with E-state index in [1.54, 1.807) is 0 Å². The van der Waals surface area contributed by atoms with Crippen molar-refractivity contribution >= 4 is 34.2 Å². The molecule has 3 aromatic carbocycles. The molecule has 0 aliphatic carbocycles. The Balaban J connectivity index is 1.28. The number of hydrogen-bond acceptors (Lipinski definition) is 3. The number of carbonyl (C=O) groups is 1. The molecule has 1 amide bonds. The lowest BCUT2D eigenvalue weighted by atomic mass is 10.2. The molecule has 162 valence electrons. The van der Waals surface area contributed by atoms with Crippen molar-refractivity contribution in [2.75, 3.05) is 31.1 Å². The lowest BCUT2D eigenvalue weighted by Crippen LogP contribution is -2.49. The zero-order chi connectivity index (χ0) is 21.9. The molecule has 0 unspecified atom stereocenters. The van der Waals surface area contributed by atoms with Crippen LogP contribution in [0, 0.1) is 0 Å². The first kappa shape index (κ1) is 20.6. The number of piperazine rings is 1. The molecule has 0 bridgehead atoms. The smallest absolute Gasteiger partial charge is 0.223 e. The van der Waals surface area contributed by atoms with Crippen molar-refractivity contribution in [1.29, 1.82) is 0 Å². The number of nitrogens with zero attached hydrogens (tertiary/aromatic N) is 4. The Morgan fingerprint density at radius 2 is 1.53 bits per heavy atom. The van der Waals surface area contributed by atoms with Crippen LogP contribution in [0.15, 0.2) is 78.9 Å². The van der Waals surface area contributed by atoms with Crippen molar-refractivity contribution in [3.8, 4) is 5.69 Å². The molecule has 0 N–H and O–H groups in total. The maximum absolute atomic E-state index is 13.0. The zero-order valence-electron chi connectivity index (χ0n) is 17.8. The van der Waals surface area contributed by atoms with E-state index in [9.17, 15) is 4.79 Å². The number of fused-ring (bicyclic) bond motifs is 1. The first-order chi connectivity index (χ1) is 15.7. The van der Waals surface area contributed by atoms with Crippen molar-refractivity contribution in [2.24, 2.45) is 0 Å². The minimum Gasteiger partial charge on any atom is -0.367 e. The topological polar surface area (TPSA) is 41.4 Å². The van der Waals surface area contributed by atoms with Crippen molar-refractivity contribution in [2.45, 2.75) is 12.8 Å². The number of imidazole rings is 1. The number of aryl methyl sites for hydroxylation is 1. The minimum absolute atomic E-state index is 0.176. The van der Waals surface area contributed by atoms with E-state index in [4.69, 9.17) is 16.6 Å². The fraction of sp³-hybridized carbons (Fsp3) is 0.231. The molecule has 5 rings (SSSR count). The SMILES string of the molecule is O=C(CCc1nc2ccccc2n1-c1ccccc1)N1CCN(c2ccccc2Cl)CC1. The Labute approximate surface area is 192 Å². The van der Waals surface area contributed by atoms with Crippen molar-refractivity contribution in [3.05, 3.63) is 89.7 Å². The average molecular weight is 445 g/mol. The lowest BCUT2D eigenvalue weighted by molar-refractivity contribution is -0.131. The number of rotatable bonds is 5. The third kappa shape index (κ3) is 4.08. The predicted octanol–water partition coefficient (Wildman–Crippen LogP) is 4.96. The van der Waals surface area contributed by atoms with Gasteiger partial charge in [0.05, 0.1) is 21.7 Å². The summed E-state index contributed by atoms with van der Waals surface area (Å²) in [7, 11) is 0. The highest BCUT2D eigenvalue weighted by molar-refractivity contribution is 6.33. The molecule has 5 nitrogen and oxygen atoms in total. The fourth-order valence-corrected chi connectivity index (χ4v) is 4.65. The molecule has 0 saturated carbocycles. The van der Waals surface area contributed by atoms with E-state index < -0.39 is 0 Å². The summed E-state index contributed by atoms with van der Waals surface area (Å²) in [5.74, 6) is 1.09. The number of amides is 1. The first-order valence-corrected chi connectivity index (χ1v) is 11.4. The summed E-state index contributed by atoms with van der Waals surface area (Å²) in [6.07, 6.45) is 1.05. The van der Waals surface area contributed by atoms with Gasteiger partial charge < -0.3 is 9.80 Å². The van der Waals surface area contributed by atoms with E-state index in [-0.39, 0.29) is 5.91 Å². The van der Waals surface area contributed by atoms with E-state index in [1.165, 1.54) is 0 Å². The van der Waals surface area contributed by atoms with Crippen molar-refractivity contribution < 1.29 is 4.79 Å². The molecule has 4 aromatic rings. The molecule has 1 fully saturated rings. The summed E-state index contributed by atoms with van der Waals surface area (Å²) in [6, 6.07) is 26.2. The van der Waals surface area contributed by atoms with Crippen LogP contribution in [-0.2, 0) is 11.2 Å². The molecular formula is C26H25ClN4O. The summed E-state index contributed by atoms with van der Waals surface area (Å²) >= 11 is 6.34. The largest absolute Gasteiger partial charge is 0.367 e. The van der Waals surface area contributed by atoms with Crippen LogP contribution in [0.3, 0.4) is 0 Å². The van der Waals surface area contributed by atoms with Crippen LogP contribution in [-0.4, -0.2) is 46.5 Å². The van der Waals surface area contributed by atoms with Crippen LogP contribution in [0.4, 0.5) is 5.69 Å². The van der Waals surface area contributed by atoms with Crippen molar-refractivity contribution in [3.63, 3.8) is 0 Å². The fourth-order valence-electron chi connectivity index (χ4n) is 4.39. The van der Waals surface area contributed by atoms with E-state index in [2.05, 4.69) is 27.7 Å². The molecule has 0 spiro atoms. The van der Waals surface area contributed by atoms with E-state index >= 15 is 0 Å². The monoisotopic (exact) mass is 444 g/mol. The Morgan fingerprint density at radius 1 is 0.844 bits per heavy atom. The second-order valence-electron chi connectivity index (χ2n) is 8.01. The molecule has 1 aromatic heterocycles. The zero-order valence-corrected chi connectivity index (χ0v) is 18.6. The van der Waals surface area contributed by atoms with Gasteiger partial charge >= 0.3 is 0 Å². The summed E-state index contributed by atoms with van der Waals surface area (Å²) in [5.41, 5.74) is 4.12. The molecule has 1 aliphatic rings. The summed E-state index contributed by atoms with van der Waals surface area (Å²) in [6.45, 7) is 2.99. The van der Waals surface area contributed by atoms with Crippen LogP contribution in [0.2, 0.25) is 5.02 Å². The number of hydrogen-bond donors (Lipinski definition) is 0. The predicted molar refractivity (Wildman–Crippen MR) is 130 cm³/mol. The van der Waals surface area contributed by atoms with E-state index in [1.807, 2.05) is 65.6 Å². The molecule has 0 radical (unpaired) electrons. The highest BCUT2D eigenvalue weighted by Gasteiger charge is 2.23. The van der Waals surface area contributed by atoms with Gasteiger partial charge in [0.1, 0.15) is 5.82 Å². The number of carbonyl (C=O) groups excluding carboxylic acids is 1. The number of aromatic nitrogens is 2. The lowest BCUT2D eigenvalue weighted by Gasteiger charge is -2.36. The van der Waals surface area contributed by atoms with Crippen LogP contribution in [0.25, 0.3) is 16.7 Å². The van der Waals surface area contributed by atoms with Crippen molar-refractivity contribution in [1.82, 2.24) is 14.5 Å². The molecule has 1 aliphatic heterocycles. The molecular weight excluding hydrogens is 420 g/mol. The Morgan fingerprint density at radius 3 is 2.31 bits per heavy atom. The van der Waals surface area contributed by atoms with Crippen LogP contribution >= 0.6 is 11.6 Å². The molecule has 32 heavy (non-hydrogen) atoms. The highest BCUT2D eigenvalue weighted by Crippen LogP contribution is 2.26. The third-order valence-corrected chi connectivity index (χ3v) is 6.35. The number of para-hydroxylation sites is 4. The van der Waals surface area contributed by atoms with Crippen LogP contribution < -0.4 is 4.90 Å². The van der Waals surface area contributed by atoms with Gasteiger partial charge in [0, 0.05) is 44.7 Å². The van der Waals surface area contributed by atoms with Gasteiger partial charge in [-0.3, -0.25) is 9.36 Å². The van der Waals surface area contributed by atoms with E-state index in [0.29, 0.717) is 25.9 Å². The Hall–Kier alpha value is -3.31. The van der Waals surface area contributed by atoms with Crippen LogP contribution in [0.1, 0.15) is 12.2 Å². The maximum atomic E-state index is 13.0. The van der Waals surface area contributed by atoms with Crippen LogP contribution in [0.5, 0.6) is 0 Å². The normalized spacial score (nSPS) is 14.2. The number of anilines is 1. The number of halogens is 1. The Bertz CT molecular complexity index is 1230. The summed E-state index contributed by atoms with van der Waals surface area (Å²) in [4.78, 5) is 22.0. The Kier molecular flexibility index (Phi) is 5.82. The summed E-state index contributed by atoms with van der Waals surface area (Å²) < 4.78 is 2.16. The second kappa shape index (κ2) is 9.05. The third-order valence-electron chi connectivity index (χ3n) is 6.03. The van der Waals surface area contributed by atoms with Gasteiger partial charge in [-0.15, -0.1) is 0 Å². The van der Waals surface area contributed by atoms with Gasteiger partial charge in [-0.25, -0.2) is 4.98 Å². The summed E-state index contributed by atoms with van der Waals surface area (Å²) in [5, 5.41) is 0.757. The minimum atomic E-state index is 0.176. The van der Waals surface area contributed by atoms with Gasteiger partial charge in [0.25, 0.3) is 0 Å². The quantitative estimate of drug-likeness (QED) is 0.437. The molecule has 0 atom stereocenters. The second-order valence-corrected chi connectivity index (χ2v) is 8.41. The first-order valence-electron chi connectivity index (χ1n) is 11.0. The molecule has 2 heterocycles. The molecule has 6 heteroatoms. The molecule has 1 saturated heterocycles. The van der Waals surface area contributed by atoms with Gasteiger partial charge in [-0.1, -0.05) is 54.1 Å². The number of benzene rings is 3. The standard InChI is InChI=1S/C26H25ClN4O/c27-21-10-4-6-12-23(21)29-16-18-30(19-17-29)26(32)15-14-25-28-22-11-5-7-13-24(22)31(25)20-8-2-1-3-9-20/h1-13H,14-19H2. The average Bonchev–Trinajstić information content (AvgIpc) is 3.22. The highest BCUT2D eigenvalue weighted by atomic mass is 35.5. The van der Waals surface area contributed by atoms with Gasteiger partial charge in [0.15, 0.2) is 0 Å². The van der Waals surface area contributed by atoms with Gasteiger partial charge in [-0.05, 0) is 36.4 Å². The maximum Gasteiger partial charge on any atom is 0.223 e. The van der Waals surface area contributed by atoms with E-state index in [0.717, 1.165) is 46.3 Å². The van der Waals surface area contributed by atoms with Gasteiger partial charge in [-0.2, -0.15) is 0 Å². The van der Waals surface area contributed by atoms with Gasteiger partial charge in [0.2, 0.25) is 5.91 Å².